The van der Waals surface area contributed by atoms with Crippen LogP contribution in [0.15, 0.2) is 53.1 Å². The number of nitrogens with zero attached hydrogens (tertiary/aromatic N) is 3. The molecule has 2 unspecified atom stereocenters. The van der Waals surface area contributed by atoms with E-state index in [2.05, 4.69) is 37.2 Å². The van der Waals surface area contributed by atoms with E-state index < -0.39 is 0 Å². The first-order valence-electron chi connectivity index (χ1n) is 10.8. The van der Waals surface area contributed by atoms with Crippen molar-refractivity contribution in [3.8, 4) is 11.4 Å². The molecule has 3 aromatic heterocycles. The van der Waals surface area contributed by atoms with Crippen LogP contribution in [0.5, 0.6) is 0 Å². The molecule has 0 bridgehead atoms. The minimum Gasteiger partial charge on any atom is -0.376 e. The number of benzene rings is 1. The maximum atomic E-state index is 12.7. The van der Waals surface area contributed by atoms with E-state index in [1.54, 1.807) is 11.3 Å². The van der Waals surface area contributed by atoms with E-state index in [0.717, 1.165) is 51.8 Å². The van der Waals surface area contributed by atoms with Gasteiger partial charge in [0.2, 0.25) is 5.91 Å². The van der Waals surface area contributed by atoms with E-state index in [9.17, 15) is 4.79 Å². The van der Waals surface area contributed by atoms with Gasteiger partial charge in [-0.3, -0.25) is 9.36 Å². The van der Waals surface area contributed by atoms with Gasteiger partial charge in [-0.25, -0.2) is 0 Å². The van der Waals surface area contributed by atoms with Crippen molar-refractivity contribution in [1.82, 2.24) is 25.1 Å². The quantitative estimate of drug-likeness (QED) is 0.374. The summed E-state index contributed by atoms with van der Waals surface area (Å²) in [6.07, 6.45) is 4.20. The molecule has 4 aromatic rings. The average Bonchev–Trinajstić information content (AvgIpc) is 3.60. The predicted octanol–water partition coefficient (Wildman–Crippen LogP) is 4.46. The fourth-order valence-electron chi connectivity index (χ4n) is 3.93. The number of thiophene rings is 1. The van der Waals surface area contributed by atoms with Crippen LogP contribution in [0.1, 0.15) is 24.6 Å². The zero-order valence-corrected chi connectivity index (χ0v) is 19.4. The molecule has 0 radical (unpaired) electrons. The number of carbonyl (C=O) groups is 1. The minimum atomic E-state index is -0.293. The van der Waals surface area contributed by atoms with Gasteiger partial charge >= 0.3 is 0 Å². The number of carbonyl (C=O) groups excluding carboxylic acids is 1. The highest BCUT2D eigenvalue weighted by molar-refractivity contribution is 8.00. The summed E-state index contributed by atoms with van der Waals surface area (Å²) in [5.41, 5.74) is 2.07. The second-order valence-corrected chi connectivity index (χ2v) is 10.2. The number of H-pyrrole nitrogens is 1. The molecule has 2 N–H and O–H groups in total. The predicted molar refractivity (Wildman–Crippen MR) is 128 cm³/mol. The van der Waals surface area contributed by atoms with Crippen LogP contribution in [-0.4, -0.2) is 43.6 Å². The van der Waals surface area contributed by atoms with Crippen LogP contribution in [0.4, 0.5) is 0 Å². The maximum Gasteiger partial charge on any atom is 0.233 e. The van der Waals surface area contributed by atoms with Crippen LogP contribution < -0.4 is 5.32 Å². The first kappa shape index (κ1) is 21.2. The third-order valence-corrected chi connectivity index (χ3v) is 7.58. The number of para-hydroxylation sites is 1. The lowest BCUT2D eigenvalue weighted by atomic mass is 10.1. The molecule has 166 valence electrons. The van der Waals surface area contributed by atoms with Crippen molar-refractivity contribution in [2.24, 2.45) is 0 Å². The Balaban J connectivity index is 1.39. The van der Waals surface area contributed by atoms with E-state index in [-0.39, 0.29) is 17.3 Å². The monoisotopic (exact) mass is 467 g/mol. The highest BCUT2D eigenvalue weighted by atomic mass is 32.2. The standard InChI is InChI=1S/C23H25N5O2S2/c1-15(22(29)25-12-17-7-5-11-31-17)32-23-27-26-21(28(23)14-16-6-4-10-30-16)19-13-24-20-9-3-2-8-18(19)20/h2-3,5,7-9,11,13,15-16,24H,4,6,10,12,14H2,1H3,(H,25,29). The Kier molecular flexibility index (Phi) is 6.29. The highest BCUT2D eigenvalue weighted by Gasteiger charge is 2.25. The number of amides is 1. The normalized spacial score (nSPS) is 17.1. The van der Waals surface area contributed by atoms with Crippen molar-refractivity contribution in [3.63, 3.8) is 0 Å². The number of nitrogens with one attached hydrogen (secondary N) is 2. The van der Waals surface area contributed by atoms with Crippen molar-refractivity contribution in [2.75, 3.05) is 6.61 Å². The Labute approximate surface area is 194 Å². The van der Waals surface area contributed by atoms with E-state index in [0.29, 0.717) is 13.1 Å². The van der Waals surface area contributed by atoms with Crippen LogP contribution in [-0.2, 0) is 22.6 Å². The molecule has 0 aliphatic carbocycles. The summed E-state index contributed by atoms with van der Waals surface area (Å²) < 4.78 is 8.01. The highest BCUT2D eigenvalue weighted by Crippen LogP contribution is 2.32. The van der Waals surface area contributed by atoms with Crippen molar-refractivity contribution in [2.45, 2.75) is 49.4 Å². The molecule has 1 saturated heterocycles. The topological polar surface area (TPSA) is 84.8 Å². The minimum absolute atomic E-state index is 0.0105. The Morgan fingerprint density at radius 1 is 1.34 bits per heavy atom. The summed E-state index contributed by atoms with van der Waals surface area (Å²) in [5, 5.41) is 15.6. The van der Waals surface area contributed by atoms with Crippen molar-refractivity contribution in [3.05, 3.63) is 52.9 Å². The molecule has 0 spiro atoms. The molecule has 1 fully saturated rings. The van der Waals surface area contributed by atoms with Gasteiger partial charge in [-0.2, -0.15) is 0 Å². The van der Waals surface area contributed by atoms with Crippen LogP contribution in [0.25, 0.3) is 22.3 Å². The first-order valence-corrected chi connectivity index (χ1v) is 12.5. The largest absolute Gasteiger partial charge is 0.376 e. The lowest BCUT2D eigenvalue weighted by Crippen LogP contribution is -2.30. The van der Waals surface area contributed by atoms with Gasteiger partial charge in [0, 0.05) is 34.1 Å². The van der Waals surface area contributed by atoms with Gasteiger partial charge in [-0.1, -0.05) is 36.0 Å². The fraction of sp³-hybridized carbons (Fsp3) is 0.348. The van der Waals surface area contributed by atoms with Crippen molar-refractivity contribution < 1.29 is 9.53 Å². The smallest absolute Gasteiger partial charge is 0.233 e. The number of fused-ring (bicyclic) bond motifs is 1. The molecule has 5 rings (SSSR count). The second kappa shape index (κ2) is 9.48. The average molecular weight is 468 g/mol. The molecule has 1 aromatic carbocycles. The number of hydrogen-bond acceptors (Lipinski definition) is 6. The molecule has 4 heterocycles. The number of rotatable bonds is 8. The molecule has 2 atom stereocenters. The molecule has 7 nitrogen and oxygen atoms in total. The SMILES string of the molecule is CC(Sc1nnc(-c2c[nH]c3ccccc23)n1CC1CCCO1)C(=O)NCc1cccs1. The van der Waals surface area contributed by atoms with E-state index in [1.165, 1.54) is 11.8 Å². The fourth-order valence-corrected chi connectivity index (χ4v) is 5.46. The lowest BCUT2D eigenvalue weighted by Gasteiger charge is -2.16. The molecular weight excluding hydrogens is 442 g/mol. The Morgan fingerprint density at radius 2 is 2.25 bits per heavy atom. The molecular formula is C23H25N5O2S2. The zero-order chi connectivity index (χ0) is 21.9. The summed E-state index contributed by atoms with van der Waals surface area (Å²) in [6, 6.07) is 12.2. The van der Waals surface area contributed by atoms with E-state index >= 15 is 0 Å². The van der Waals surface area contributed by atoms with Crippen LogP contribution in [0.3, 0.4) is 0 Å². The Bertz CT molecular complexity index is 1190. The summed E-state index contributed by atoms with van der Waals surface area (Å²) in [6.45, 7) is 3.92. The zero-order valence-electron chi connectivity index (χ0n) is 17.8. The molecule has 0 saturated carbocycles. The molecule has 32 heavy (non-hydrogen) atoms. The second-order valence-electron chi connectivity index (χ2n) is 7.86. The van der Waals surface area contributed by atoms with E-state index in [4.69, 9.17) is 4.74 Å². The van der Waals surface area contributed by atoms with Crippen LogP contribution >= 0.6 is 23.1 Å². The third kappa shape index (κ3) is 4.46. The molecule has 1 aliphatic heterocycles. The van der Waals surface area contributed by atoms with Gasteiger partial charge in [0.05, 0.1) is 24.4 Å². The Morgan fingerprint density at radius 3 is 3.06 bits per heavy atom. The summed E-state index contributed by atoms with van der Waals surface area (Å²) in [7, 11) is 0. The number of thioether (sulfide) groups is 1. The van der Waals surface area contributed by atoms with Gasteiger partial charge in [-0.05, 0) is 37.3 Å². The molecule has 1 aliphatic rings. The summed E-state index contributed by atoms with van der Waals surface area (Å²) in [5.74, 6) is 0.787. The Hall–Kier alpha value is -2.62. The number of aromatic amines is 1. The summed E-state index contributed by atoms with van der Waals surface area (Å²) >= 11 is 3.08. The first-order chi connectivity index (χ1) is 15.7. The van der Waals surface area contributed by atoms with Gasteiger partial charge < -0.3 is 15.0 Å². The molecule has 1 amide bonds. The van der Waals surface area contributed by atoms with Crippen molar-refractivity contribution >= 4 is 39.9 Å². The van der Waals surface area contributed by atoms with Gasteiger partial charge in [0.1, 0.15) is 0 Å². The van der Waals surface area contributed by atoms with Crippen molar-refractivity contribution in [1.29, 1.82) is 0 Å². The van der Waals surface area contributed by atoms with Gasteiger partial charge in [0.25, 0.3) is 0 Å². The number of ether oxygens (including phenoxy) is 1. The summed E-state index contributed by atoms with van der Waals surface area (Å²) in [4.78, 5) is 17.2. The van der Waals surface area contributed by atoms with Gasteiger partial charge in [0.15, 0.2) is 11.0 Å². The lowest BCUT2D eigenvalue weighted by molar-refractivity contribution is -0.120. The van der Waals surface area contributed by atoms with Crippen LogP contribution in [0.2, 0.25) is 0 Å². The number of hydrogen-bond donors (Lipinski definition) is 2. The van der Waals surface area contributed by atoms with Crippen LogP contribution in [0, 0.1) is 0 Å². The molecule has 9 heteroatoms. The maximum absolute atomic E-state index is 12.7. The van der Waals surface area contributed by atoms with E-state index in [1.807, 2.05) is 42.8 Å². The number of aromatic nitrogens is 4. The van der Waals surface area contributed by atoms with Gasteiger partial charge in [-0.15, -0.1) is 21.5 Å². The third-order valence-electron chi connectivity index (χ3n) is 5.63.